The summed E-state index contributed by atoms with van der Waals surface area (Å²) in [5.74, 6) is 1.10. The van der Waals surface area contributed by atoms with Crippen molar-refractivity contribution in [2.75, 3.05) is 25.2 Å². The van der Waals surface area contributed by atoms with Gasteiger partial charge in [0.1, 0.15) is 5.82 Å². The summed E-state index contributed by atoms with van der Waals surface area (Å²) in [6.07, 6.45) is 1.08. The molecule has 118 valence electrons. The summed E-state index contributed by atoms with van der Waals surface area (Å²) in [5, 5.41) is 3.59. The first-order valence-corrected chi connectivity index (χ1v) is 7.80. The minimum Gasteiger partial charge on any atom is -0.379 e. The van der Waals surface area contributed by atoms with Gasteiger partial charge in [0.05, 0.1) is 12.6 Å². The molecule has 2 rings (SSSR count). The van der Waals surface area contributed by atoms with Crippen LogP contribution in [0.1, 0.15) is 44.0 Å². The molecule has 4 heteroatoms. The fourth-order valence-electron chi connectivity index (χ4n) is 2.71. The number of hydrogen-bond donors (Lipinski definition) is 1. The van der Waals surface area contributed by atoms with Crippen molar-refractivity contribution in [2.45, 2.75) is 59.2 Å². The quantitative estimate of drug-likeness (QED) is 0.925. The number of nitrogens with one attached hydrogen (secondary N) is 1. The van der Waals surface area contributed by atoms with Crippen molar-refractivity contribution in [2.24, 2.45) is 0 Å². The first-order valence-electron chi connectivity index (χ1n) is 7.80. The SMILES string of the molecule is Cc1cc(C)c(CNC(C)(C)C)c(N(C)C2CCOC2)n1. The van der Waals surface area contributed by atoms with Gasteiger partial charge in [0.15, 0.2) is 0 Å². The smallest absolute Gasteiger partial charge is 0.133 e. The molecule has 0 saturated carbocycles. The zero-order valence-electron chi connectivity index (χ0n) is 14.3. The van der Waals surface area contributed by atoms with Crippen molar-refractivity contribution in [3.63, 3.8) is 0 Å². The molecule has 0 amide bonds. The molecule has 0 aliphatic carbocycles. The van der Waals surface area contributed by atoms with Crippen LogP contribution in [-0.4, -0.2) is 36.8 Å². The highest BCUT2D eigenvalue weighted by molar-refractivity contribution is 5.52. The summed E-state index contributed by atoms with van der Waals surface area (Å²) in [5.41, 5.74) is 3.78. The van der Waals surface area contributed by atoms with Gasteiger partial charge in [-0.3, -0.25) is 0 Å². The number of nitrogens with zero attached hydrogens (tertiary/aromatic N) is 2. The molecule has 0 aromatic carbocycles. The lowest BCUT2D eigenvalue weighted by Crippen LogP contribution is -2.37. The molecule has 0 spiro atoms. The number of rotatable bonds is 4. The molecule has 1 N–H and O–H groups in total. The number of aryl methyl sites for hydroxylation is 2. The Kier molecular flexibility index (Phi) is 4.89. The number of ether oxygens (including phenoxy) is 1. The van der Waals surface area contributed by atoms with Crippen LogP contribution in [0.25, 0.3) is 0 Å². The Hall–Kier alpha value is -1.13. The van der Waals surface area contributed by atoms with E-state index in [2.05, 4.69) is 57.9 Å². The zero-order chi connectivity index (χ0) is 15.6. The van der Waals surface area contributed by atoms with Gasteiger partial charge in [0.25, 0.3) is 0 Å². The van der Waals surface area contributed by atoms with Crippen LogP contribution in [0.4, 0.5) is 5.82 Å². The third-order valence-corrected chi connectivity index (χ3v) is 4.04. The zero-order valence-corrected chi connectivity index (χ0v) is 14.3. The summed E-state index contributed by atoms with van der Waals surface area (Å²) in [6, 6.07) is 2.61. The molecule has 0 bridgehead atoms. The standard InChI is InChI=1S/C17H29N3O/c1-12-9-13(2)19-16(15(12)10-18-17(3,4)5)20(6)14-7-8-21-11-14/h9,14,18H,7-8,10-11H2,1-6H3. The van der Waals surface area contributed by atoms with Crippen LogP contribution >= 0.6 is 0 Å². The second-order valence-electron chi connectivity index (χ2n) is 7.11. The molecule has 0 radical (unpaired) electrons. The van der Waals surface area contributed by atoms with Crippen molar-refractivity contribution < 1.29 is 4.74 Å². The number of hydrogen-bond acceptors (Lipinski definition) is 4. The summed E-state index contributed by atoms with van der Waals surface area (Å²) < 4.78 is 5.53. The molecule has 1 unspecified atom stereocenters. The molecule has 1 aliphatic rings. The van der Waals surface area contributed by atoms with Crippen LogP contribution in [0.5, 0.6) is 0 Å². The van der Waals surface area contributed by atoms with Gasteiger partial charge in [-0.2, -0.15) is 0 Å². The molecule has 1 aromatic heterocycles. The monoisotopic (exact) mass is 291 g/mol. The van der Waals surface area contributed by atoms with E-state index in [4.69, 9.17) is 9.72 Å². The van der Waals surface area contributed by atoms with Crippen LogP contribution in [0, 0.1) is 13.8 Å². The fourth-order valence-corrected chi connectivity index (χ4v) is 2.71. The molecule has 1 aliphatic heterocycles. The summed E-state index contributed by atoms with van der Waals surface area (Å²) >= 11 is 0. The highest BCUT2D eigenvalue weighted by Gasteiger charge is 2.24. The van der Waals surface area contributed by atoms with E-state index in [1.807, 2.05) is 0 Å². The molecule has 1 saturated heterocycles. The van der Waals surface area contributed by atoms with Crippen LogP contribution in [0.3, 0.4) is 0 Å². The second-order valence-corrected chi connectivity index (χ2v) is 7.11. The van der Waals surface area contributed by atoms with Crippen molar-refractivity contribution in [3.05, 3.63) is 22.9 Å². The molecular formula is C17H29N3O. The van der Waals surface area contributed by atoms with Crippen LogP contribution in [0.2, 0.25) is 0 Å². The average Bonchev–Trinajstić information content (AvgIpc) is 2.88. The first kappa shape index (κ1) is 16.2. The maximum atomic E-state index is 5.53. The minimum atomic E-state index is 0.101. The number of likely N-dealkylation sites (N-methyl/N-ethyl adjacent to an activating group) is 1. The van der Waals surface area contributed by atoms with Crippen LogP contribution in [0.15, 0.2) is 6.07 Å². The average molecular weight is 291 g/mol. The van der Waals surface area contributed by atoms with Crippen molar-refractivity contribution >= 4 is 5.82 Å². The van der Waals surface area contributed by atoms with Gasteiger partial charge in [-0.15, -0.1) is 0 Å². The molecule has 21 heavy (non-hydrogen) atoms. The van der Waals surface area contributed by atoms with E-state index in [1.54, 1.807) is 0 Å². The first-order chi connectivity index (χ1) is 9.78. The minimum absolute atomic E-state index is 0.101. The lowest BCUT2D eigenvalue weighted by Gasteiger charge is -2.29. The van der Waals surface area contributed by atoms with E-state index in [9.17, 15) is 0 Å². The maximum Gasteiger partial charge on any atom is 0.133 e. The van der Waals surface area contributed by atoms with Gasteiger partial charge in [-0.25, -0.2) is 4.98 Å². The predicted octanol–water partition coefficient (Wildman–Crippen LogP) is 2.81. The molecule has 1 fully saturated rings. The lowest BCUT2D eigenvalue weighted by molar-refractivity contribution is 0.193. The van der Waals surface area contributed by atoms with E-state index in [0.29, 0.717) is 6.04 Å². The van der Waals surface area contributed by atoms with E-state index >= 15 is 0 Å². The highest BCUT2D eigenvalue weighted by atomic mass is 16.5. The molecule has 4 nitrogen and oxygen atoms in total. The summed E-state index contributed by atoms with van der Waals surface area (Å²) in [4.78, 5) is 7.11. The third-order valence-electron chi connectivity index (χ3n) is 4.04. The predicted molar refractivity (Wildman–Crippen MR) is 87.9 cm³/mol. The van der Waals surface area contributed by atoms with Crippen LogP contribution in [-0.2, 0) is 11.3 Å². The summed E-state index contributed by atoms with van der Waals surface area (Å²) in [7, 11) is 2.14. The van der Waals surface area contributed by atoms with Gasteiger partial charge >= 0.3 is 0 Å². The van der Waals surface area contributed by atoms with E-state index in [0.717, 1.165) is 37.7 Å². The van der Waals surface area contributed by atoms with Gasteiger partial charge in [-0.1, -0.05) is 0 Å². The Balaban J connectivity index is 2.29. The molecule has 2 heterocycles. The topological polar surface area (TPSA) is 37.4 Å². The second kappa shape index (κ2) is 6.32. The largest absolute Gasteiger partial charge is 0.379 e. The molecular weight excluding hydrogens is 262 g/mol. The Bertz CT molecular complexity index is 488. The van der Waals surface area contributed by atoms with Gasteiger partial charge in [0, 0.05) is 37.0 Å². The fraction of sp³-hybridized carbons (Fsp3) is 0.706. The van der Waals surface area contributed by atoms with Crippen molar-refractivity contribution in [3.8, 4) is 0 Å². The maximum absolute atomic E-state index is 5.53. The lowest BCUT2D eigenvalue weighted by atomic mass is 10.0. The van der Waals surface area contributed by atoms with Crippen molar-refractivity contribution in [1.82, 2.24) is 10.3 Å². The van der Waals surface area contributed by atoms with Gasteiger partial charge in [0.2, 0.25) is 0 Å². The molecule has 1 aromatic rings. The van der Waals surface area contributed by atoms with Gasteiger partial charge in [-0.05, 0) is 52.7 Å². The van der Waals surface area contributed by atoms with Crippen LogP contribution < -0.4 is 10.2 Å². The molecule has 1 atom stereocenters. The Labute approximate surface area is 128 Å². The normalized spacial score (nSPS) is 19.0. The summed E-state index contributed by atoms with van der Waals surface area (Å²) in [6.45, 7) is 13.3. The van der Waals surface area contributed by atoms with E-state index in [-0.39, 0.29) is 5.54 Å². The third kappa shape index (κ3) is 4.17. The Morgan fingerprint density at radius 2 is 2.10 bits per heavy atom. The number of aromatic nitrogens is 1. The highest BCUT2D eigenvalue weighted by Crippen LogP contribution is 2.26. The van der Waals surface area contributed by atoms with Gasteiger partial charge < -0.3 is 15.0 Å². The number of anilines is 1. The number of pyridine rings is 1. The Morgan fingerprint density at radius 3 is 2.67 bits per heavy atom. The Morgan fingerprint density at radius 1 is 1.38 bits per heavy atom. The van der Waals surface area contributed by atoms with E-state index < -0.39 is 0 Å². The van der Waals surface area contributed by atoms with E-state index in [1.165, 1.54) is 11.1 Å². The van der Waals surface area contributed by atoms with Crippen molar-refractivity contribution in [1.29, 1.82) is 0 Å².